The summed E-state index contributed by atoms with van der Waals surface area (Å²) in [6.07, 6.45) is 7.25. The molecule has 1 aromatic rings. The topological polar surface area (TPSA) is 25.2 Å². The molecule has 114 valence electrons. The van der Waals surface area contributed by atoms with Gasteiger partial charge in [0.2, 0.25) is 0 Å². The maximum atomic E-state index is 4.95. The van der Waals surface area contributed by atoms with Crippen molar-refractivity contribution in [3.63, 3.8) is 0 Å². The molecule has 21 heavy (non-hydrogen) atoms. The summed E-state index contributed by atoms with van der Waals surface area (Å²) in [5.41, 5.74) is 3.96. The summed E-state index contributed by atoms with van der Waals surface area (Å²) in [6, 6.07) is 4.33. The van der Waals surface area contributed by atoms with E-state index < -0.39 is 0 Å². The maximum Gasteiger partial charge on any atom is 0.0397 e. The van der Waals surface area contributed by atoms with Gasteiger partial charge in [-0.1, -0.05) is 47.6 Å². The lowest BCUT2D eigenvalue weighted by atomic mass is 9.65. The van der Waals surface area contributed by atoms with Crippen molar-refractivity contribution < 1.29 is 0 Å². The standard InChI is InChI=1S/C19H28N2/c1-13(2)17-11-19(15(5)6,12-18(21-17)14(3)4)16-7-9-20-10-8-16/h7-11,13-15H,12H2,1-6H3. The molecule has 2 heterocycles. The molecule has 0 saturated heterocycles. The second kappa shape index (κ2) is 6.13. The Morgan fingerprint density at radius 1 is 0.952 bits per heavy atom. The number of rotatable bonds is 4. The molecule has 0 amide bonds. The Kier molecular flexibility index (Phi) is 4.65. The van der Waals surface area contributed by atoms with Crippen LogP contribution in [0, 0.1) is 17.8 Å². The molecule has 0 aromatic carbocycles. The number of aliphatic imine (C=N–C) groups is 1. The molecule has 1 aliphatic heterocycles. The van der Waals surface area contributed by atoms with E-state index in [2.05, 4.69) is 64.7 Å². The monoisotopic (exact) mass is 284 g/mol. The zero-order chi connectivity index (χ0) is 15.6. The number of aromatic nitrogens is 1. The van der Waals surface area contributed by atoms with E-state index in [9.17, 15) is 0 Å². The Morgan fingerprint density at radius 3 is 2.05 bits per heavy atom. The normalized spacial score (nSPS) is 22.7. The number of hydrogen-bond donors (Lipinski definition) is 0. The Labute approximate surface area is 129 Å². The summed E-state index contributed by atoms with van der Waals surface area (Å²) in [5.74, 6) is 1.48. The largest absolute Gasteiger partial charge is 0.265 e. The average molecular weight is 284 g/mol. The van der Waals surface area contributed by atoms with Gasteiger partial charge in [0.25, 0.3) is 0 Å². The van der Waals surface area contributed by atoms with Gasteiger partial charge in [0.1, 0.15) is 0 Å². The quantitative estimate of drug-likeness (QED) is 0.762. The molecule has 1 aliphatic rings. The van der Waals surface area contributed by atoms with Crippen molar-refractivity contribution in [2.24, 2.45) is 22.7 Å². The number of nitrogens with zero attached hydrogens (tertiary/aromatic N) is 2. The van der Waals surface area contributed by atoms with Crippen molar-refractivity contribution in [2.45, 2.75) is 53.4 Å². The van der Waals surface area contributed by atoms with Gasteiger partial charge in [-0.15, -0.1) is 0 Å². The first-order valence-electron chi connectivity index (χ1n) is 8.07. The van der Waals surface area contributed by atoms with Crippen LogP contribution in [-0.4, -0.2) is 10.7 Å². The summed E-state index contributed by atoms with van der Waals surface area (Å²) in [6.45, 7) is 13.6. The highest BCUT2D eigenvalue weighted by Gasteiger charge is 2.38. The second-order valence-electron chi connectivity index (χ2n) is 7.09. The van der Waals surface area contributed by atoms with Crippen LogP contribution < -0.4 is 0 Å². The molecule has 0 N–H and O–H groups in total. The molecule has 1 aromatic heterocycles. The molecule has 2 heteroatoms. The van der Waals surface area contributed by atoms with Gasteiger partial charge >= 0.3 is 0 Å². The van der Waals surface area contributed by atoms with Crippen LogP contribution in [0.3, 0.4) is 0 Å². The van der Waals surface area contributed by atoms with Gasteiger partial charge in [-0.3, -0.25) is 9.98 Å². The summed E-state index contributed by atoms with van der Waals surface area (Å²) in [7, 11) is 0. The van der Waals surface area contributed by atoms with Crippen molar-refractivity contribution in [1.82, 2.24) is 4.98 Å². The van der Waals surface area contributed by atoms with E-state index in [-0.39, 0.29) is 5.41 Å². The maximum absolute atomic E-state index is 4.95. The third-order valence-corrected chi connectivity index (χ3v) is 4.66. The van der Waals surface area contributed by atoms with Gasteiger partial charge in [0, 0.05) is 29.2 Å². The number of pyridine rings is 1. The van der Waals surface area contributed by atoms with Gasteiger partial charge in [0.15, 0.2) is 0 Å². The zero-order valence-corrected chi connectivity index (χ0v) is 14.2. The van der Waals surface area contributed by atoms with E-state index >= 15 is 0 Å². The Balaban J connectivity index is 2.59. The highest BCUT2D eigenvalue weighted by atomic mass is 14.8. The molecule has 0 spiro atoms. The van der Waals surface area contributed by atoms with Gasteiger partial charge in [-0.2, -0.15) is 0 Å². The van der Waals surface area contributed by atoms with Crippen LogP contribution in [-0.2, 0) is 5.41 Å². The van der Waals surface area contributed by atoms with E-state index in [0.29, 0.717) is 17.8 Å². The van der Waals surface area contributed by atoms with Gasteiger partial charge in [-0.05, 0) is 41.9 Å². The van der Waals surface area contributed by atoms with Crippen LogP contribution in [0.25, 0.3) is 0 Å². The molecule has 2 rings (SSSR count). The van der Waals surface area contributed by atoms with Crippen molar-refractivity contribution >= 4 is 5.71 Å². The first-order valence-corrected chi connectivity index (χ1v) is 8.07. The highest BCUT2D eigenvalue weighted by molar-refractivity contribution is 5.90. The number of hydrogen-bond acceptors (Lipinski definition) is 2. The van der Waals surface area contributed by atoms with E-state index in [1.54, 1.807) is 0 Å². The van der Waals surface area contributed by atoms with E-state index in [0.717, 1.165) is 6.42 Å². The van der Waals surface area contributed by atoms with Gasteiger partial charge in [0.05, 0.1) is 0 Å². The van der Waals surface area contributed by atoms with E-state index in [1.807, 2.05) is 12.4 Å². The first-order chi connectivity index (χ1) is 9.86. The third-order valence-electron chi connectivity index (χ3n) is 4.66. The molecule has 0 radical (unpaired) electrons. The van der Waals surface area contributed by atoms with Crippen LogP contribution in [0.4, 0.5) is 0 Å². The highest BCUT2D eigenvalue weighted by Crippen LogP contribution is 2.43. The van der Waals surface area contributed by atoms with Crippen molar-refractivity contribution in [3.05, 3.63) is 41.9 Å². The molecule has 1 atom stereocenters. The lowest BCUT2D eigenvalue weighted by molar-refractivity contribution is 0.382. The van der Waals surface area contributed by atoms with Crippen molar-refractivity contribution in [2.75, 3.05) is 0 Å². The van der Waals surface area contributed by atoms with Crippen LogP contribution in [0.5, 0.6) is 0 Å². The number of allylic oxidation sites excluding steroid dienone is 2. The predicted molar refractivity (Wildman–Crippen MR) is 90.6 cm³/mol. The first kappa shape index (κ1) is 15.9. The molecule has 2 nitrogen and oxygen atoms in total. The lowest BCUT2D eigenvalue weighted by Crippen LogP contribution is -2.37. The van der Waals surface area contributed by atoms with Crippen LogP contribution >= 0.6 is 0 Å². The molecular weight excluding hydrogens is 256 g/mol. The van der Waals surface area contributed by atoms with Gasteiger partial charge < -0.3 is 0 Å². The summed E-state index contributed by atoms with van der Waals surface area (Å²) >= 11 is 0. The average Bonchev–Trinajstić information content (AvgIpc) is 2.47. The molecular formula is C19H28N2. The summed E-state index contributed by atoms with van der Waals surface area (Å²) in [5, 5.41) is 0. The van der Waals surface area contributed by atoms with E-state index in [4.69, 9.17) is 4.99 Å². The molecule has 0 aliphatic carbocycles. The molecule has 0 saturated carbocycles. The minimum atomic E-state index is 0.0455. The Morgan fingerprint density at radius 2 is 1.57 bits per heavy atom. The summed E-state index contributed by atoms with van der Waals surface area (Å²) in [4.78, 5) is 9.13. The SMILES string of the molecule is CC(C)C1=CC(c2ccncc2)(C(C)C)CC(C(C)C)=N1. The lowest BCUT2D eigenvalue weighted by Gasteiger charge is -2.40. The summed E-state index contributed by atoms with van der Waals surface area (Å²) < 4.78 is 0. The predicted octanol–water partition coefficient (Wildman–Crippen LogP) is 5.02. The van der Waals surface area contributed by atoms with Crippen LogP contribution in [0.1, 0.15) is 53.5 Å². The molecule has 0 bridgehead atoms. The Bertz CT molecular complexity index is 538. The fourth-order valence-electron chi connectivity index (χ4n) is 3.03. The molecule has 0 fully saturated rings. The fourth-order valence-corrected chi connectivity index (χ4v) is 3.03. The van der Waals surface area contributed by atoms with Crippen LogP contribution in [0.15, 0.2) is 41.3 Å². The third kappa shape index (κ3) is 3.09. The fraction of sp³-hybridized carbons (Fsp3) is 0.579. The zero-order valence-electron chi connectivity index (χ0n) is 14.2. The molecule has 1 unspecified atom stereocenters. The van der Waals surface area contributed by atoms with Crippen molar-refractivity contribution in [1.29, 1.82) is 0 Å². The van der Waals surface area contributed by atoms with Gasteiger partial charge in [-0.25, -0.2) is 0 Å². The van der Waals surface area contributed by atoms with Crippen LogP contribution in [0.2, 0.25) is 0 Å². The second-order valence-corrected chi connectivity index (χ2v) is 7.09. The Hall–Kier alpha value is -1.44. The minimum Gasteiger partial charge on any atom is -0.265 e. The smallest absolute Gasteiger partial charge is 0.0397 e. The van der Waals surface area contributed by atoms with E-state index in [1.165, 1.54) is 17.0 Å². The minimum absolute atomic E-state index is 0.0455. The van der Waals surface area contributed by atoms with Crippen molar-refractivity contribution in [3.8, 4) is 0 Å².